The first-order valence-corrected chi connectivity index (χ1v) is 10.0. The van der Waals surface area contributed by atoms with Gasteiger partial charge in [0.2, 0.25) is 0 Å². The SMILES string of the molecule is COc1ccc(Oc2cc3cc(Br)ccc3nc2-c2cc(OC)ccc2OC)cc1. The average Bonchev–Trinajstić information content (AvgIpc) is 2.78. The zero-order valence-corrected chi connectivity index (χ0v) is 18.4. The van der Waals surface area contributed by atoms with Crippen LogP contribution in [0.5, 0.6) is 28.7 Å². The van der Waals surface area contributed by atoms with E-state index in [0.717, 1.165) is 26.7 Å². The molecule has 0 aliphatic heterocycles. The highest BCUT2D eigenvalue weighted by molar-refractivity contribution is 9.10. The van der Waals surface area contributed by atoms with Crippen molar-refractivity contribution in [1.29, 1.82) is 0 Å². The second-order valence-corrected chi connectivity index (χ2v) is 7.43. The number of halogens is 1. The molecule has 0 radical (unpaired) electrons. The molecule has 152 valence electrons. The Labute approximate surface area is 183 Å². The van der Waals surface area contributed by atoms with E-state index in [-0.39, 0.29) is 0 Å². The van der Waals surface area contributed by atoms with Crippen molar-refractivity contribution in [3.05, 3.63) is 71.2 Å². The molecule has 0 saturated heterocycles. The van der Waals surface area contributed by atoms with E-state index in [4.69, 9.17) is 23.9 Å². The number of hydrogen-bond acceptors (Lipinski definition) is 5. The molecular weight excluding hydrogens is 446 g/mol. The molecule has 5 nitrogen and oxygen atoms in total. The summed E-state index contributed by atoms with van der Waals surface area (Å²) in [7, 11) is 4.90. The van der Waals surface area contributed by atoms with Crippen LogP contribution < -0.4 is 18.9 Å². The summed E-state index contributed by atoms with van der Waals surface area (Å²) in [4.78, 5) is 4.89. The lowest BCUT2D eigenvalue weighted by Crippen LogP contribution is -1.96. The smallest absolute Gasteiger partial charge is 0.154 e. The Bertz CT molecular complexity index is 1190. The number of pyridine rings is 1. The van der Waals surface area contributed by atoms with Gasteiger partial charge >= 0.3 is 0 Å². The zero-order valence-electron chi connectivity index (χ0n) is 16.8. The molecule has 4 aromatic rings. The fourth-order valence-electron chi connectivity index (χ4n) is 3.17. The van der Waals surface area contributed by atoms with Crippen LogP contribution in [-0.4, -0.2) is 26.3 Å². The largest absolute Gasteiger partial charge is 0.497 e. The third kappa shape index (κ3) is 4.04. The van der Waals surface area contributed by atoms with Crippen molar-refractivity contribution < 1.29 is 18.9 Å². The van der Waals surface area contributed by atoms with Gasteiger partial charge in [0.15, 0.2) is 5.75 Å². The number of methoxy groups -OCH3 is 3. The molecule has 0 aliphatic carbocycles. The van der Waals surface area contributed by atoms with E-state index in [9.17, 15) is 0 Å². The Kier molecular flexibility index (Phi) is 5.77. The summed E-state index contributed by atoms with van der Waals surface area (Å²) in [6.45, 7) is 0. The van der Waals surface area contributed by atoms with E-state index < -0.39 is 0 Å². The maximum Gasteiger partial charge on any atom is 0.154 e. The summed E-state index contributed by atoms with van der Waals surface area (Å²) < 4.78 is 23.5. The van der Waals surface area contributed by atoms with E-state index in [1.54, 1.807) is 21.3 Å². The molecule has 30 heavy (non-hydrogen) atoms. The third-order valence-electron chi connectivity index (χ3n) is 4.69. The number of hydrogen-bond donors (Lipinski definition) is 0. The lowest BCUT2D eigenvalue weighted by atomic mass is 10.1. The van der Waals surface area contributed by atoms with Crippen LogP contribution in [0.1, 0.15) is 0 Å². The lowest BCUT2D eigenvalue weighted by molar-refractivity contribution is 0.404. The monoisotopic (exact) mass is 465 g/mol. The molecule has 6 heteroatoms. The second kappa shape index (κ2) is 8.63. The van der Waals surface area contributed by atoms with Gasteiger partial charge in [-0.2, -0.15) is 0 Å². The molecule has 4 rings (SSSR count). The van der Waals surface area contributed by atoms with Crippen LogP contribution in [0, 0.1) is 0 Å². The predicted molar refractivity (Wildman–Crippen MR) is 121 cm³/mol. The summed E-state index contributed by atoms with van der Waals surface area (Å²) in [5.41, 5.74) is 2.29. The second-order valence-electron chi connectivity index (χ2n) is 6.52. The van der Waals surface area contributed by atoms with Crippen LogP contribution in [0.25, 0.3) is 22.2 Å². The number of fused-ring (bicyclic) bond motifs is 1. The van der Waals surface area contributed by atoms with Gasteiger partial charge in [0.25, 0.3) is 0 Å². The Balaban J connectivity index is 1.90. The van der Waals surface area contributed by atoms with Gasteiger partial charge in [0.1, 0.15) is 28.7 Å². The van der Waals surface area contributed by atoms with Crippen molar-refractivity contribution in [1.82, 2.24) is 4.98 Å². The highest BCUT2D eigenvalue weighted by atomic mass is 79.9. The normalized spacial score (nSPS) is 10.7. The molecule has 0 aliphatic rings. The first kappa shape index (κ1) is 20.0. The molecular formula is C24H20BrNO4. The van der Waals surface area contributed by atoms with Crippen LogP contribution >= 0.6 is 15.9 Å². The zero-order chi connectivity index (χ0) is 21.1. The summed E-state index contributed by atoms with van der Waals surface area (Å²) in [5, 5.41) is 0.957. The Morgan fingerprint density at radius 2 is 1.37 bits per heavy atom. The number of ether oxygens (including phenoxy) is 4. The summed E-state index contributed by atoms with van der Waals surface area (Å²) in [6.07, 6.45) is 0. The standard InChI is InChI=1S/C24H20BrNO4/c1-27-17-5-7-18(8-6-17)30-23-13-15-12-16(25)4-10-21(15)26-24(23)20-14-19(28-2)9-11-22(20)29-3/h4-14H,1-3H3. The minimum atomic E-state index is 0.609. The first-order chi connectivity index (χ1) is 14.6. The molecule has 0 N–H and O–H groups in total. The van der Waals surface area contributed by atoms with Gasteiger partial charge in [0.05, 0.1) is 26.8 Å². The van der Waals surface area contributed by atoms with Crippen LogP contribution in [0.3, 0.4) is 0 Å². The van der Waals surface area contributed by atoms with E-state index in [1.165, 1.54) is 0 Å². The minimum absolute atomic E-state index is 0.609. The van der Waals surface area contributed by atoms with Crippen LogP contribution in [-0.2, 0) is 0 Å². The molecule has 0 spiro atoms. The van der Waals surface area contributed by atoms with Crippen molar-refractivity contribution in [2.45, 2.75) is 0 Å². The van der Waals surface area contributed by atoms with Crippen LogP contribution in [0.15, 0.2) is 71.2 Å². The predicted octanol–water partition coefficient (Wildman–Crippen LogP) is 6.48. The van der Waals surface area contributed by atoms with Gasteiger partial charge in [-0.3, -0.25) is 0 Å². The Hall–Kier alpha value is -3.25. The summed E-state index contributed by atoms with van der Waals surface area (Å²) >= 11 is 3.53. The molecule has 0 amide bonds. The van der Waals surface area contributed by atoms with Crippen LogP contribution in [0.2, 0.25) is 0 Å². The molecule has 3 aromatic carbocycles. The molecule has 0 unspecified atom stereocenters. The fourth-order valence-corrected chi connectivity index (χ4v) is 3.55. The fraction of sp³-hybridized carbons (Fsp3) is 0.125. The van der Waals surface area contributed by atoms with Gasteiger partial charge in [-0.25, -0.2) is 4.98 Å². The van der Waals surface area contributed by atoms with Crippen molar-refractivity contribution in [2.24, 2.45) is 0 Å². The third-order valence-corrected chi connectivity index (χ3v) is 5.18. The molecule has 0 bridgehead atoms. The maximum atomic E-state index is 6.25. The molecule has 1 heterocycles. The Morgan fingerprint density at radius 3 is 2.07 bits per heavy atom. The van der Waals surface area contributed by atoms with Crippen molar-refractivity contribution in [3.8, 4) is 40.0 Å². The van der Waals surface area contributed by atoms with Crippen molar-refractivity contribution in [3.63, 3.8) is 0 Å². The van der Waals surface area contributed by atoms with E-state index >= 15 is 0 Å². The topological polar surface area (TPSA) is 49.8 Å². The van der Waals surface area contributed by atoms with Crippen molar-refractivity contribution in [2.75, 3.05) is 21.3 Å². The number of rotatable bonds is 6. The number of nitrogens with zero attached hydrogens (tertiary/aromatic N) is 1. The maximum absolute atomic E-state index is 6.25. The molecule has 0 fully saturated rings. The number of benzene rings is 3. The lowest BCUT2D eigenvalue weighted by Gasteiger charge is -2.15. The van der Waals surface area contributed by atoms with Crippen LogP contribution in [0.4, 0.5) is 0 Å². The summed E-state index contributed by atoms with van der Waals surface area (Å²) in [5.74, 6) is 3.43. The average molecular weight is 466 g/mol. The van der Waals surface area contributed by atoms with Gasteiger partial charge in [-0.1, -0.05) is 15.9 Å². The first-order valence-electron chi connectivity index (χ1n) is 9.26. The Morgan fingerprint density at radius 1 is 0.667 bits per heavy atom. The quantitative estimate of drug-likeness (QED) is 0.326. The number of aromatic nitrogens is 1. The minimum Gasteiger partial charge on any atom is -0.497 e. The van der Waals surface area contributed by atoms with Crippen molar-refractivity contribution >= 4 is 26.8 Å². The molecule has 0 saturated carbocycles. The van der Waals surface area contributed by atoms with Gasteiger partial charge < -0.3 is 18.9 Å². The van der Waals surface area contributed by atoms with Gasteiger partial charge in [-0.05, 0) is 66.7 Å². The highest BCUT2D eigenvalue weighted by Crippen LogP contribution is 2.41. The molecule has 1 aromatic heterocycles. The van der Waals surface area contributed by atoms with Gasteiger partial charge in [0, 0.05) is 15.4 Å². The van der Waals surface area contributed by atoms with E-state index in [0.29, 0.717) is 28.7 Å². The summed E-state index contributed by atoms with van der Waals surface area (Å²) in [6, 6.07) is 20.9. The molecule has 0 atom stereocenters. The highest BCUT2D eigenvalue weighted by Gasteiger charge is 2.17. The van der Waals surface area contributed by atoms with E-state index in [1.807, 2.05) is 66.7 Å². The van der Waals surface area contributed by atoms with E-state index in [2.05, 4.69) is 15.9 Å². The van der Waals surface area contributed by atoms with Gasteiger partial charge in [-0.15, -0.1) is 0 Å².